The van der Waals surface area contributed by atoms with Crippen LogP contribution in [0.15, 0.2) is 48.6 Å². The smallest absolute Gasteiger partial charge is 0.335 e. The van der Waals surface area contributed by atoms with Gasteiger partial charge >= 0.3 is 17.9 Å². The van der Waals surface area contributed by atoms with Crippen LogP contribution in [0.2, 0.25) is 0 Å². The molecule has 12 nitrogen and oxygen atoms in total. The summed E-state index contributed by atoms with van der Waals surface area (Å²) >= 11 is 0. The number of esters is 2. The summed E-state index contributed by atoms with van der Waals surface area (Å²) in [5.74, 6) is -2.51. The van der Waals surface area contributed by atoms with Gasteiger partial charge in [0.2, 0.25) is 0 Å². The molecule has 0 bridgehead atoms. The molecule has 0 aromatic heterocycles. The van der Waals surface area contributed by atoms with Gasteiger partial charge in [-0.25, -0.2) is 14.4 Å². The molecule has 0 heterocycles. The van der Waals surface area contributed by atoms with Crippen LogP contribution in [-0.2, 0) is 23.9 Å². The van der Waals surface area contributed by atoms with Crippen molar-refractivity contribution in [2.45, 2.75) is 36.8 Å². The average molecular weight is 559 g/mol. The van der Waals surface area contributed by atoms with E-state index in [4.69, 9.17) is 23.7 Å². The highest BCUT2D eigenvalue weighted by Crippen LogP contribution is 2.34. The number of hydrogen-bond donors (Lipinski definition) is 4. The second kappa shape index (κ2) is 13.0. The molecule has 2 aromatic carbocycles. The standard InChI is InChI=1S/C28H30O12/c1-36-20-9-5-17(13-22(20)38-3)7-11-25(32)40-26-19(30)14-28(35,27(33)34)15-23(26)39-24(31)10-6-16-4-8-18(29)21(12-16)37-2/h4-13,19,23,26,29-30,35H,14-15H2,1-3H3,(H,33,34)/b10-6+,11-7+/t19-,23-,26-,28+/m0/s1. The van der Waals surface area contributed by atoms with Crippen molar-refractivity contribution in [2.24, 2.45) is 0 Å². The number of aliphatic hydroxyl groups is 2. The number of phenolic OH excluding ortho intramolecular Hbond substituents is 1. The lowest BCUT2D eigenvalue weighted by Crippen LogP contribution is -2.58. The normalized spacial score (nSPS) is 22.6. The van der Waals surface area contributed by atoms with Crippen molar-refractivity contribution >= 4 is 30.1 Å². The molecule has 2 aromatic rings. The Balaban J connectivity index is 1.76. The molecule has 0 amide bonds. The maximum absolute atomic E-state index is 12.6. The second-order valence-corrected chi connectivity index (χ2v) is 8.90. The number of phenols is 1. The van der Waals surface area contributed by atoms with Crippen LogP contribution < -0.4 is 14.2 Å². The number of carboxylic acids is 1. The van der Waals surface area contributed by atoms with E-state index in [1.165, 1.54) is 51.7 Å². The minimum Gasteiger partial charge on any atom is -0.504 e. The Morgan fingerprint density at radius 2 is 1.38 bits per heavy atom. The van der Waals surface area contributed by atoms with Crippen molar-refractivity contribution in [3.8, 4) is 23.0 Å². The van der Waals surface area contributed by atoms with Crippen molar-refractivity contribution < 1.29 is 58.5 Å². The summed E-state index contributed by atoms with van der Waals surface area (Å²) in [6.07, 6.45) is -1.05. The number of hydrogen-bond acceptors (Lipinski definition) is 11. The minimum absolute atomic E-state index is 0.101. The van der Waals surface area contributed by atoms with Crippen LogP contribution in [-0.4, -0.2) is 83.6 Å². The number of aromatic hydroxyl groups is 1. The topological polar surface area (TPSA) is 178 Å². The van der Waals surface area contributed by atoms with Gasteiger partial charge in [0.15, 0.2) is 34.7 Å². The van der Waals surface area contributed by atoms with Gasteiger partial charge in [0.1, 0.15) is 6.10 Å². The predicted octanol–water partition coefficient (Wildman–Crippen LogP) is 1.94. The van der Waals surface area contributed by atoms with Gasteiger partial charge in [0.25, 0.3) is 0 Å². The Hall–Kier alpha value is -4.55. The van der Waals surface area contributed by atoms with Gasteiger partial charge in [0.05, 0.1) is 27.4 Å². The maximum atomic E-state index is 12.6. The molecule has 12 heteroatoms. The Bertz CT molecular complexity index is 1300. The van der Waals surface area contributed by atoms with Crippen LogP contribution in [0, 0.1) is 0 Å². The highest BCUT2D eigenvalue weighted by atomic mass is 16.6. The first-order valence-electron chi connectivity index (χ1n) is 12.0. The number of aliphatic carboxylic acids is 1. The number of ether oxygens (including phenoxy) is 5. The predicted molar refractivity (Wildman–Crippen MR) is 140 cm³/mol. The van der Waals surface area contributed by atoms with E-state index in [0.717, 1.165) is 12.2 Å². The molecule has 214 valence electrons. The molecule has 0 radical (unpaired) electrons. The van der Waals surface area contributed by atoms with E-state index >= 15 is 0 Å². The number of methoxy groups -OCH3 is 3. The molecule has 4 atom stereocenters. The fraction of sp³-hybridized carbons (Fsp3) is 0.321. The van der Waals surface area contributed by atoms with Crippen molar-refractivity contribution in [3.05, 3.63) is 59.7 Å². The fourth-order valence-electron chi connectivity index (χ4n) is 4.12. The SMILES string of the molecule is COc1cc(/C=C/C(=O)O[C@H]2C[C@@](O)(C(=O)O)C[C@H](O)[C@@H]2OC(=O)/C=C/c2ccc(OC)c(OC)c2)ccc1O. The summed E-state index contributed by atoms with van der Waals surface area (Å²) in [5.41, 5.74) is -1.38. The summed E-state index contributed by atoms with van der Waals surface area (Å²) in [6.45, 7) is 0. The van der Waals surface area contributed by atoms with Crippen LogP contribution in [0.3, 0.4) is 0 Å². The van der Waals surface area contributed by atoms with Gasteiger partial charge in [-0.3, -0.25) is 0 Å². The third-order valence-corrected chi connectivity index (χ3v) is 6.18. The van der Waals surface area contributed by atoms with Crippen molar-refractivity contribution in [3.63, 3.8) is 0 Å². The van der Waals surface area contributed by atoms with Crippen LogP contribution in [0.1, 0.15) is 24.0 Å². The van der Waals surface area contributed by atoms with E-state index in [1.54, 1.807) is 18.2 Å². The third kappa shape index (κ3) is 7.30. The van der Waals surface area contributed by atoms with Gasteiger partial charge in [-0.05, 0) is 47.5 Å². The quantitative estimate of drug-likeness (QED) is 0.246. The fourth-order valence-corrected chi connectivity index (χ4v) is 4.12. The summed E-state index contributed by atoms with van der Waals surface area (Å²) in [7, 11) is 4.30. The molecule has 3 rings (SSSR count). The van der Waals surface area contributed by atoms with Crippen LogP contribution in [0.4, 0.5) is 0 Å². The van der Waals surface area contributed by atoms with Crippen LogP contribution in [0.5, 0.6) is 23.0 Å². The molecule has 1 saturated carbocycles. The van der Waals surface area contributed by atoms with Gasteiger partial charge < -0.3 is 44.1 Å². The molecule has 4 N–H and O–H groups in total. The van der Waals surface area contributed by atoms with Crippen molar-refractivity contribution in [1.29, 1.82) is 0 Å². The maximum Gasteiger partial charge on any atom is 0.335 e. The Labute approximate surface area is 229 Å². The number of benzene rings is 2. The number of carboxylic acid groups (broad SMARTS) is 1. The first kappa shape index (κ1) is 30.0. The molecule has 0 spiro atoms. The van der Waals surface area contributed by atoms with E-state index in [2.05, 4.69) is 0 Å². The summed E-state index contributed by atoms with van der Waals surface area (Å²) in [5, 5.41) is 40.3. The third-order valence-electron chi connectivity index (χ3n) is 6.18. The van der Waals surface area contributed by atoms with E-state index in [9.17, 15) is 34.8 Å². The van der Waals surface area contributed by atoms with Crippen LogP contribution in [0.25, 0.3) is 12.2 Å². The largest absolute Gasteiger partial charge is 0.504 e. The van der Waals surface area contributed by atoms with Gasteiger partial charge in [-0.1, -0.05) is 12.1 Å². The van der Waals surface area contributed by atoms with Crippen molar-refractivity contribution in [2.75, 3.05) is 21.3 Å². The average Bonchev–Trinajstić information content (AvgIpc) is 2.93. The molecule has 1 fully saturated rings. The van der Waals surface area contributed by atoms with E-state index in [1.807, 2.05) is 0 Å². The molecule has 0 saturated heterocycles. The number of aliphatic hydroxyl groups excluding tert-OH is 1. The molecular formula is C28H30O12. The van der Waals surface area contributed by atoms with Crippen LogP contribution >= 0.6 is 0 Å². The summed E-state index contributed by atoms with van der Waals surface area (Å²) in [4.78, 5) is 36.8. The zero-order valence-electron chi connectivity index (χ0n) is 22.0. The summed E-state index contributed by atoms with van der Waals surface area (Å²) in [6, 6.07) is 9.24. The van der Waals surface area contributed by atoms with Crippen molar-refractivity contribution in [1.82, 2.24) is 0 Å². The van der Waals surface area contributed by atoms with Gasteiger partial charge in [0, 0.05) is 25.0 Å². The van der Waals surface area contributed by atoms with E-state index in [-0.39, 0.29) is 11.5 Å². The van der Waals surface area contributed by atoms with Gasteiger partial charge in [-0.15, -0.1) is 0 Å². The summed E-state index contributed by atoms with van der Waals surface area (Å²) < 4.78 is 26.1. The number of carbonyl (C=O) groups is 3. The number of rotatable bonds is 10. The molecule has 40 heavy (non-hydrogen) atoms. The zero-order valence-corrected chi connectivity index (χ0v) is 22.0. The van der Waals surface area contributed by atoms with E-state index < -0.39 is 54.7 Å². The number of carbonyl (C=O) groups excluding carboxylic acids is 2. The lowest BCUT2D eigenvalue weighted by molar-refractivity contribution is -0.204. The molecule has 0 unspecified atom stereocenters. The van der Waals surface area contributed by atoms with E-state index in [0.29, 0.717) is 22.6 Å². The lowest BCUT2D eigenvalue weighted by Gasteiger charge is -2.40. The first-order chi connectivity index (χ1) is 19.0. The lowest BCUT2D eigenvalue weighted by atomic mass is 9.79. The van der Waals surface area contributed by atoms with Gasteiger partial charge in [-0.2, -0.15) is 0 Å². The monoisotopic (exact) mass is 558 g/mol. The zero-order chi connectivity index (χ0) is 29.4. The molecule has 1 aliphatic carbocycles. The first-order valence-corrected chi connectivity index (χ1v) is 12.0. The highest BCUT2D eigenvalue weighted by Gasteiger charge is 2.52. The molecule has 0 aliphatic heterocycles. The minimum atomic E-state index is -2.42. The molecule has 1 aliphatic rings. The highest BCUT2D eigenvalue weighted by molar-refractivity contribution is 5.88. The molecular weight excluding hydrogens is 528 g/mol. The Morgan fingerprint density at radius 3 is 1.95 bits per heavy atom. The Morgan fingerprint density at radius 1 is 0.825 bits per heavy atom. The second-order valence-electron chi connectivity index (χ2n) is 8.90. The Kier molecular flexibility index (Phi) is 9.75.